The van der Waals surface area contributed by atoms with E-state index in [1.807, 2.05) is 11.8 Å². The fraction of sp³-hybridized carbons (Fsp3) is 0.714. The number of fused-ring (bicyclic) bond motifs is 1. The van der Waals surface area contributed by atoms with E-state index in [1.54, 1.807) is 0 Å². The van der Waals surface area contributed by atoms with E-state index in [0.29, 0.717) is 16.7 Å². The molecule has 9 heteroatoms. The van der Waals surface area contributed by atoms with Crippen molar-refractivity contribution in [1.82, 2.24) is 15.7 Å². The molecule has 0 aromatic rings. The van der Waals surface area contributed by atoms with Crippen molar-refractivity contribution in [2.45, 2.75) is 55.9 Å². The second-order valence-corrected chi connectivity index (χ2v) is 7.18. The summed E-state index contributed by atoms with van der Waals surface area (Å²) < 4.78 is 0. The number of amides is 4. The molecule has 0 aromatic carbocycles. The van der Waals surface area contributed by atoms with E-state index in [1.165, 1.54) is 0 Å². The van der Waals surface area contributed by atoms with Gasteiger partial charge in [-0.15, -0.1) is 5.06 Å². The predicted octanol–water partition coefficient (Wildman–Crippen LogP) is 0.319. The Labute approximate surface area is 137 Å². The van der Waals surface area contributed by atoms with Gasteiger partial charge in [0.15, 0.2) is 0 Å². The molecule has 126 valence electrons. The average Bonchev–Trinajstić information content (AvgIpc) is 3.14. The van der Waals surface area contributed by atoms with Gasteiger partial charge in [-0.05, 0) is 12.8 Å². The zero-order chi connectivity index (χ0) is 16.4. The second kappa shape index (κ2) is 6.77. The molecule has 0 saturated carbocycles. The van der Waals surface area contributed by atoms with Crippen LogP contribution in [0.25, 0.3) is 0 Å². The minimum Gasteiger partial charge on any atom is -0.332 e. The van der Waals surface area contributed by atoms with Crippen LogP contribution in [0.1, 0.15) is 38.5 Å². The highest BCUT2D eigenvalue weighted by Crippen LogP contribution is 2.33. The summed E-state index contributed by atoms with van der Waals surface area (Å²) in [4.78, 5) is 50.5. The number of thioether (sulfide) groups is 1. The number of imide groups is 1. The van der Waals surface area contributed by atoms with Crippen LogP contribution in [0.2, 0.25) is 0 Å². The number of unbranched alkanes of at least 4 members (excludes halogenated alkanes) is 1. The van der Waals surface area contributed by atoms with Crippen LogP contribution in [-0.4, -0.2) is 52.0 Å². The maximum Gasteiger partial charge on any atom is 0.333 e. The lowest BCUT2D eigenvalue weighted by Gasteiger charge is -2.16. The van der Waals surface area contributed by atoms with Crippen LogP contribution < -0.4 is 10.6 Å². The van der Waals surface area contributed by atoms with Gasteiger partial charge in [-0.3, -0.25) is 9.59 Å². The SMILES string of the molecule is O=C1N[C@H]2[C@@H](CS[C@@H]2CCCCC(=O)ON2C(=O)CCC2=O)N1. The van der Waals surface area contributed by atoms with E-state index in [0.717, 1.165) is 18.6 Å². The topological polar surface area (TPSA) is 105 Å². The monoisotopic (exact) mass is 341 g/mol. The fourth-order valence-corrected chi connectivity index (χ4v) is 4.61. The van der Waals surface area contributed by atoms with Crippen LogP contribution in [0.4, 0.5) is 4.79 Å². The van der Waals surface area contributed by atoms with Gasteiger partial charge in [-0.2, -0.15) is 11.8 Å². The molecule has 2 N–H and O–H groups in total. The van der Waals surface area contributed by atoms with Crippen molar-refractivity contribution < 1.29 is 24.0 Å². The number of urea groups is 1. The summed E-state index contributed by atoms with van der Waals surface area (Å²) in [7, 11) is 0. The van der Waals surface area contributed by atoms with E-state index in [4.69, 9.17) is 4.84 Å². The molecule has 3 atom stereocenters. The summed E-state index contributed by atoms with van der Waals surface area (Å²) in [5.41, 5.74) is 0. The first-order valence-electron chi connectivity index (χ1n) is 7.80. The van der Waals surface area contributed by atoms with Crippen LogP contribution in [0, 0.1) is 0 Å². The lowest BCUT2D eigenvalue weighted by molar-refractivity contribution is -0.197. The molecule has 23 heavy (non-hydrogen) atoms. The van der Waals surface area contributed by atoms with Gasteiger partial charge in [0, 0.05) is 30.3 Å². The Morgan fingerprint density at radius 2 is 1.91 bits per heavy atom. The molecule has 4 amide bonds. The Hall–Kier alpha value is -1.77. The molecule has 3 aliphatic rings. The van der Waals surface area contributed by atoms with Gasteiger partial charge in [-0.1, -0.05) is 6.42 Å². The van der Waals surface area contributed by atoms with Crippen molar-refractivity contribution in [1.29, 1.82) is 0 Å². The van der Waals surface area contributed by atoms with E-state index in [2.05, 4.69) is 10.6 Å². The molecule has 8 nitrogen and oxygen atoms in total. The standard InChI is InChI=1S/C14H19N3O5S/c18-10-5-6-11(19)17(10)22-12(20)4-2-1-3-9-13-8(7-23-9)15-14(21)16-13/h8-9,13H,1-7H2,(H2,15,16,21)/t8-,9-,13+/m1/s1. The van der Waals surface area contributed by atoms with E-state index in [-0.39, 0.29) is 37.4 Å². The second-order valence-electron chi connectivity index (χ2n) is 5.91. The molecule has 0 aromatic heterocycles. The molecule has 0 unspecified atom stereocenters. The third kappa shape index (κ3) is 3.60. The Morgan fingerprint density at radius 1 is 1.17 bits per heavy atom. The van der Waals surface area contributed by atoms with Crippen LogP contribution in [0.3, 0.4) is 0 Å². The van der Waals surface area contributed by atoms with Gasteiger partial charge in [0.05, 0.1) is 12.1 Å². The Balaban J connectivity index is 1.34. The predicted molar refractivity (Wildman–Crippen MR) is 81.1 cm³/mol. The minimum absolute atomic E-state index is 0.103. The quantitative estimate of drug-likeness (QED) is 0.409. The average molecular weight is 341 g/mol. The van der Waals surface area contributed by atoms with Gasteiger partial charge in [-0.25, -0.2) is 9.59 Å². The van der Waals surface area contributed by atoms with Crippen molar-refractivity contribution in [3.8, 4) is 0 Å². The van der Waals surface area contributed by atoms with Crippen LogP contribution in [0.15, 0.2) is 0 Å². The number of nitrogens with one attached hydrogen (secondary N) is 2. The Morgan fingerprint density at radius 3 is 2.65 bits per heavy atom. The van der Waals surface area contributed by atoms with E-state index < -0.39 is 17.8 Å². The number of rotatable bonds is 6. The van der Waals surface area contributed by atoms with Crippen molar-refractivity contribution in [3.63, 3.8) is 0 Å². The summed E-state index contributed by atoms with van der Waals surface area (Å²) in [5.74, 6) is -0.557. The van der Waals surface area contributed by atoms with E-state index >= 15 is 0 Å². The molecule has 0 bridgehead atoms. The third-order valence-electron chi connectivity index (χ3n) is 4.26. The number of nitrogens with zero attached hydrogens (tertiary/aromatic N) is 1. The Bertz CT molecular complexity index is 525. The molecular weight excluding hydrogens is 322 g/mol. The van der Waals surface area contributed by atoms with Crippen molar-refractivity contribution in [3.05, 3.63) is 0 Å². The van der Waals surface area contributed by atoms with Gasteiger partial charge in [0.1, 0.15) is 0 Å². The van der Waals surface area contributed by atoms with Crippen LogP contribution in [-0.2, 0) is 19.2 Å². The molecule has 3 saturated heterocycles. The summed E-state index contributed by atoms with van der Waals surface area (Å²) in [6.07, 6.45) is 2.75. The maximum atomic E-state index is 11.7. The van der Waals surface area contributed by atoms with Gasteiger partial charge in [0.2, 0.25) is 0 Å². The molecule has 3 heterocycles. The number of hydrogen-bond donors (Lipinski definition) is 2. The lowest BCUT2D eigenvalue weighted by Crippen LogP contribution is -2.36. The van der Waals surface area contributed by atoms with Crippen LogP contribution >= 0.6 is 11.8 Å². The zero-order valence-electron chi connectivity index (χ0n) is 12.6. The molecule has 3 rings (SSSR count). The normalized spacial score (nSPS) is 29.5. The molecular formula is C14H19N3O5S. The van der Waals surface area contributed by atoms with Gasteiger partial charge in [0.25, 0.3) is 11.8 Å². The summed E-state index contributed by atoms with van der Waals surface area (Å²) >= 11 is 1.83. The van der Waals surface area contributed by atoms with Gasteiger partial charge < -0.3 is 15.5 Å². The molecule has 0 radical (unpaired) electrons. The third-order valence-corrected chi connectivity index (χ3v) is 5.77. The number of carbonyl (C=O) groups is 4. The number of hydroxylamine groups is 2. The highest BCUT2D eigenvalue weighted by molar-refractivity contribution is 8.00. The van der Waals surface area contributed by atoms with Crippen molar-refractivity contribution >= 4 is 35.6 Å². The Kier molecular flexibility index (Phi) is 4.74. The largest absolute Gasteiger partial charge is 0.333 e. The lowest BCUT2D eigenvalue weighted by atomic mass is 10.0. The molecule has 0 spiro atoms. The van der Waals surface area contributed by atoms with E-state index in [9.17, 15) is 19.2 Å². The van der Waals surface area contributed by atoms with Crippen LogP contribution in [0.5, 0.6) is 0 Å². The fourth-order valence-electron chi connectivity index (χ4n) is 3.06. The first-order chi connectivity index (χ1) is 11.0. The summed E-state index contributed by atoms with van der Waals surface area (Å²) in [6.45, 7) is 0. The van der Waals surface area contributed by atoms with Crippen molar-refractivity contribution in [2.24, 2.45) is 0 Å². The highest BCUT2D eigenvalue weighted by atomic mass is 32.2. The highest BCUT2D eigenvalue weighted by Gasteiger charge is 2.42. The van der Waals surface area contributed by atoms with Gasteiger partial charge >= 0.3 is 12.0 Å². The molecule has 0 aliphatic carbocycles. The number of hydrogen-bond acceptors (Lipinski definition) is 6. The number of carbonyl (C=O) groups excluding carboxylic acids is 4. The smallest absolute Gasteiger partial charge is 0.332 e. The minimum atomic E-state index is -0.554. The molecule has 3 aliphatic heterocycles. The molecule has 3 fully saturated rings. The summed E-state index contributed by atoms with van der Waals surface area (Å²) in [5, 5.41) is 6.76. The summed E-state index contributed by atoms with van der Waals surface area (Å²) in [6, 6.07) is 0.266. The maximum absolute atomic E-state index is 11.7. The first-order valence-corrected chi connectivity index (χ1v) is 8.84. The first kappa shape index (κ1) is 16.1. The zero-order valence-corrected chi connectivity index (χ0v) is 13.4. The van der Waals surface area contributed by atoms with Crippen molar-refractivity contribution in [2.75, 3.05) is 5.75 Å².